The van der Waals surface area contributed by atoms with Crippen molar-refractivity contribution in [1.82, 2.24) is 5.32 Å². The molecule has 2 N–H and O–H groups in total. The van der Waals surface area contributed by atoms with E-state index < -0.39 is 30.1 Å². The summed E-state index contributed by atoms with van der Waals surface area (Å²) >= 11 is 1.52. The molecule has 22 heavy (non-hydrogen) atoms. The van der Waals surface area contributed by atoms with Gasteiger partial charge in [-0.3, -0.25) is 4.79 Å². The van der Waals surface area contributed by atoms with E-state index in [1.807, 2.05) is 16.8 Å². The van der Waals surface area contributed by atoms with Crippen LogP contribution in [0.3, 0.4) is 0 Å². The Morgan fingerprint density at radius 3 is 2.50 bits per heavy atom. The molecule has 118 valence electrons. The number of aliphatic hydroxyl groups excluding tert-OH is 1. The summed E-state index contributed by atoms with van der Waals surface area (Å²) in [5.74, 6) is -4.67. The number of nitrogens with one attached hydrogen (secondary N) is 1. The van der Waals surface area contributed by atoms with Crippen LogP contribution >= 0.6 is 11.3 Å². The standard InChI is InChI=1S/C15H14F3NO2S/c16-11-5-10(6-12(17)15(11)18)13(7-20)19-14(21)2-1-9-3-4-22-8-9/h3-6,8,13,20H,1-2,7H2,(H,19,21). The van der Waals surface area contributed by atoms with Crippen molar-refractivity contribution < 1.29 is 23.1 Å². The number of carbonyl (C=O) groups is 1. The number of aliphatic hydroxyl groups is 1. The molecule has 0 aliphatic heterocycles. The molecule has 1 aromatic carbocycles. The summed E-state index contributed by atoms with van der Waals surface area (Å²) in [6.07, 6.45) is 0.707. The van der Waals surface area contributed by atoms with Crippen LogP contribution in [0.4, 0.5) is 13.2 Å². The van der Waals surface area contributed by atoms with Gasteiger partial charge >= 0.3 is 0 Å². The van der Waals surface area contributed by atoms with Crippen LogP contribution in [0.5, 0.6) is 0 Å². The van der Waals surface area contributed by atoms with Crippen LogP contribution in [0.2, 0.25) is 0 Å². The molecule has 0 aliphatic rings. The Labute approximate surface area is 129 Å². The number of hydrogen-bond donors (Lipinski definition) is 2. The minimum absolute atomic E-state index is 0.0252. The van der Waals surface area contributed by atoms with Crippen molar-refractivity contribution in [3.05, 3.63) is 57.5 Å². The number of aryl methyl sites for hydroxylation is 1. The van der Waals surface area contributed by atoms with E-state index in [1.165, 1.54) is 11.3 Å². The fourth-order valence-electron chi connectivity index (χ4n) is 1.97. The molecule has 1 atom stereocenters. The number of rotatable bonds is 6. The molecule has 0 saturated heterocycles. The number of hydrogen-bond acceptors (Lipinski definition) is 3. The molecule has 0 radical (unpaired) electrons. The summed E-state index contributed by atoms with van der Waals surface area (Å²) in [5.41, 5.74) is 0.988. The zero-order valence-electron chi connectivity index (χ0n) is 11.5. The van der Waals surface area contributed by atoms with Gasteiger partial charge in [0.05, 0.1) is 12.6 Å². The van der Waals surface area contributed by atoms with Crippen molar-refractivity contribution in [2.75, 3.05) is 6.61 Å². The maximum absolute atomic E-state index is 13.2. The number of halogens is 3. The predicted molar refractivity (Wildman–Crippen MR) is 76.9 cm³/mol. The van der Waals surface area contributed by atoms with Gasteiger partial charge in [0.15, 0.2) is 17.5 Å². The Kier molecular flexibility index (Phi) is 5.57. The molecule has 2 rings (SSSR count). The normalized spacial score (nSPS) is 12.2. The van der Waals surface area contributed by atoms with Crippen LogP contribution < -0.4 is 5.32 Å². The van der Waals surface area contributed by atoms with Gasteiger partial charge in [-0.2, -0.15) is 11.3 Å². The maximum atomic E-state index is 13.2. The second-order valence-electron chi connectivity index (χ2n) is 4.73. The van der Waals surface area contributed by atoms with E-state index in [0.29, 0.717) is 6.42 Å². The van der Waals surface area contributed by atoms with Gasteiger partial charge < -0.3 is 10.4 Å². The van der Waals surface area contributed by atoms with Crippen LogP contribution in [-0.4, -0.2) is 17.6 Å². The molecule has 0 saturated carbocycles. The van der Waals surface area contributed by atoms with Gasteiger partial charge in [-0.15, -0.1) is 0 Å². The smallest absolute Gasteiger partial charge is 0.220 e. The first kappa shape index (κ1) is 16.5. The van der Waals surface area contributed by atoms with Crippen molar-refractivity contribution in [1.29, 1.82) is 0 Å². The lowest BCUT2D eigenvalue weighted by molar-refractivity contribution is -0.122. The third-order valence-electron chi connectivity index (χ3n) is 3.15. The Morgan fingerprint density at radius 1 is 1.27 bits per heavy atom. The molecule has 1 unspecified atom stereocenters. The highest BCUT2D eigenvalue weighted by Gasteiger charge is 2.18. The molecule has 1 heterocycles. The van der Waals surface area contributed by atoms with Crippen molar-refractivity contribution in [3.63, 3.8) is 0 Å². The van der Waals surface area contributed by atoms with Gasteiger partial charge in [0, 0.05) is 6.42 Å². The van der Waals surface area contributed by atoms with E-state index in [9.17, 15) is 23.1 Å². The van der Waals surface area contributed by atoms with Gasteiger partial charge in [0.2, 0.25) is 5.91 Å². The number of amides is 1. The molecule has 1 amide bonds. The molecule has 7 heteroatoms. The third kappa shape index (κ3) is 4.08. The van der Waals surface area contributed by atoms with Crippen LogP contribution in [0.1, 0.15) is 23.6 Å². The molecular formula is C15H14F3NO2S. The van der Waals surface area contributed by atoms with Crippen LogP contribution in [0, 0.1) is 17.5 Å². The average Bonchev–Trinajstić information content (AvgIpc) is 3.01. The molecule has 0 bridgehead atoms. The SMILES string of the molecule is O=C(CCc1ccsc1)NC(CO)c1cc(F)c(F)c(F)c1. The van der Waals surface area contributed by atoms with E-state index in [0.717, 1.165) is 17.7 Å². The van der Waals surface area contributed by atoms with Crippen molar-refractivity contribution >= 4 is 17.2 Å². The van der Waals surface area contributed by atoms with E-state index in [2.05, 4.69) is 5.32 Å². The van der Waals surface area contributed by atoms with E-state index in [-0.39, 0.29) is 17.9 Å². The summed E-state index contributed by atoms with van der Waals surface area (Å²) in [7, 11) is 0. The monoisotopic (exact) mass is 329 g/mol. The quantitative estimate of drug-likeness (QED) is 0.801. The van der Waals surface area contributed by atoms with E-state index >= 15 is 0 Å². The summed E-state index contributed by atoms with van der Waals surface area (Å²) < 4.78 is 39.3. The summed E-state index contributed by atoms with van der Waals surface area (Å²) in [5, 5.41) is 15.6. The summed E-state index contributed by atoms with van der Waals surface area (Å²) in [6, 6.07) is 2.43. The Hall–Kier alpha value is -1.86. The molecule has 0 fully saturated rings. The van der Waals surface area contributed by atoms with Crippen molar-refractivity contribution in [2.45, 2.75) is 18.9 Å². The zero-order valence-corrected chi connectivity index (χ0v) is 12.3. The van der Waals surface area contributed by atoms with E-state index in [1.54, 1.807) is 0 Å². The second-order valence-corrected chi connectivity index (χ2v) is 5.51. The summed E-state index contributed by atoms with van der Waals surface area (Å²) in [6.45, 7) is -0.547. The summed E-state index contributed by atoms with van der Waals surface area (Å²) in [4.78, 5) is 11.8. The van der Waals surface area contributed by atoms with Crippen LogP contribution in [-0.2, 0) is 11.2 Å². The molecule has 0 spiro atoms. The maximum Gasteiger partial charge on any atom is 0.220 e. The van der Waals surface area contributed by atoms with Crippen molar-refractivity contribution in [3.8, 4) is 0 Å². The predicted octanol–water partition coefficient (Wildman–Crippen LogP) is 2.95. The van der Waals surface area contributed by atoms with Gasteiger partial charge in [0.25, 0.3) is 0 Å². The average molecular weight is 329 g/mol. The fourth-order valence-corrected chi connectivity index (χ4v) is 2.67. The first-order valence-electron chi connectivity index (χ1n) is 6.57. The highest BCUT2D eigenvalue weighted by atomic mass is 32.1. The highest BCUT2D eigenvalue weighted by Crippen LogP contribution is 2.19. The lowest BCUT2D eigenvalue weighted by atomic mass is 10.1. The lowest BCUT2D eigenvalue weighted by Gasteiger charge is -2.17. The first-order chi connectivity index (χ1) is 10.5. The molecular weight excluding hydrogens is 315 g/mol. The third-order valence-corrected chi connectivity index (χ3v) is 3.88. The zero-order chi connectivity index (χ0) is 16.1. The van der Waals surface area contributed by atoms with Crippen LogP contribution in [0.25, 0.3) is 0 Å². The number of thiophene rings is 1. The van der Waals surface area contributed by atoms with Gasteiger partial charge in [-0.1, -0.05) is 0 Å². The molecule has 0 aliphatic carbocycles. The van der Waals surface area contributed by atoms with Gasteiger partial charge in [-0.25, -0.2) is 13.2 Å². The first-order valence-corrected chi connectivity index (χ1v) is 7.51. The van der Waals surface area contributed by atoms with Crippen LogP contribution in [0.15, 0.2) is 29.0 Å². The van der Waals surface area contributed by atoms with E-state index in [4.69, 9.17) is 0 Å². The van der Waals surface area contributed by atoms with Gasteiger partial charge in [0.1, 0.15) is 0 Å². The highest BCUT2D eigenvalue weighted by molar-refractivity contribution is 7.07. The Bertz CT molecular complexity index is 623. The fraction of sp³-hybridized carbons (Fsp3) is 0.267. The lowest BCUT2D eigenvalue weighted by Crippen LogP contribution is -2.31. The topological polar surface area (TPSA) is 49.3 Å². The molecule has 2 aromatic rings. The van der Waals surface area contributed by atoms with Crippen molar-refractivity contribution in [2.24, 2.45) is 0 Å². The number of carbonyl (C=O) groups excluding carboxylic acids is 1. The molecule has 1 aromatic heterocycles. The minimum Gasteiger partial charge on any atom is -0.394 e. The van der Waals surface area contributed by atoms with Gasteiger partial charge in [-0.05, 0) is 46.5 Å². The Morgan fingerprint density at radius 2 is 1.95 bits per heavy atom. The number of benzene rings is 1. The largest absolute Gasteiger partial charge is 0.394 e. The Balaban J connectivity index is 2.01. The second kappa shape index (κ2) is 7.42. The minimum atomic E-state index is -1.58. The molecule has 3 nitrogen and oxygen atoms in total.